The minimum atomic E-state index is -1.33. The first-order chi connectivity index (χ1) is 14.4. The van der Waals surface area contributed by atoms with E-state index < -0.39 is 72.3 Å². The van der Waals surface area contributed by atoms with Gasteiger partial charge in [-0.15, -0.1) is 0 Å². The molecular weight excluding hydrogens is 412 g/mol. The lowest BCUT2D eigenvalue weighted by molar-refractivity contribution is -0.150. The topological polar surface area (TPSA) is 199 Å². The van der Waals surface area contributed by atoms with Gasteiger partial charge >= 0.3 is 11.9 Å². The number of likely N-dealkylation sites (tertiary alicyclic amines) is 1. The SMILES string of the molecule is CC(C)C(NC(=O)C(CCC(=O)O)NC(=O)C(N)C(C)O)C(=O)N1CCCC1C(=O)O. The molecule has 1 fully saturated rings. The Balaban J connectivity index is 2.99. The van der Waals surface area contributed by atoms with Crippen molar-refractivity contribution in [3.63, 3.8) is 0 Å². The van der Waals surface area contributed by atoms with Crippen LogP contribution in [0.5, 0.6) is 0 Å². The number of carboxylic acids is 2. The summed E-state index contributed by atoms with van der Waals surface area (Å²) in [5.41, 5.74) is 5.56. The van der Waals surface area contributed by atoms with Crippen LogP contribution in [0.15, 0.2) is 0 Å². The van der Waals surface area contributed by atoms with E-state index in [9.17, 15) is 34.2 Å². The Kier molecular flexibility index (Phi) is 9.85. The van der Waals surface area contributed by atoms with Crippen molar-refractivity contribution in [1.29, 1.82) is 0 Å². The Bertz CT molecular complexity index is 696. The first-order valence-electron chi connectivity index (χ1n) is 10.2. The molecule has 0 spiro atoms. The lowest BCUT2D eigenvalue weighted by atomic mass is 10.0. The molecule has 5 atom stereocenters. The monoisotopic (exact) mass is 444 g/mol. The van der Waals surface area contributed by atoms with Gasteiger partial charge in [-0.1, -0.05) is 13.8 Å². The second-order valence-electron chi connectivity index (χ2n) is 8.02. The number of nitrogens with zero attached hydrogens (tertiary/aromatic N) is 1. The summed E-state index contributed by atoms with van der Waals surface area (Å²) in [4.78, 5) is 61.5. The second-order valence-corrected chi connectivity index (χ2v) is 8.02. The van der Waals surface area contributed by atoms with Crippen molar-refractivity contribution >= 4 is 29.7 Å². The van der Waals surface area contributed by atoms with Gasteiger partial charge in [0.25, 0.3) is 0 Å². The van der Waals surface area contributed by atoms with Crippen LogP contribution in [-0.4, -0.2) is 86.7 Å². The van der Waals surface area contributed by atoms with Crippen LogP contribution in [0.4, 0.5) is 0 Å². The van der Waals surface area contributed by atoms with Gasteiger partial charge in [-0.05, 0) is 32.1 Å². The minimum Gasteiger partial charge on any atom is -0.481 e. The summed E-state index contributed by atoms with van der Waals surface area (Å²) in [6.07, 6.45) is -1.06. The quantitative estimate of drug-likeness (QED) is 0.214. The molecule has 0 aromatic heterocycles. The van der Waals surface area contributed by atoms with E-state index in [2.05, 4.69) is 10.6 Å². The third kappa shape index (κ3) is 7.47. The Morgan fingerprint density at radius 1 is 1.06 bits per heavy atom. The zero-order valence-corrected chi connectivity index (χ0v) is 17.9. The molecular formula is C19H32N4O8. The molecule has 1 aliphatic rings. The Hall–Kier alpha value is -2.73. The lowest BCUT2D eigenvalue weighted by Crippen LogP contribution is -2.59. The molecule has 0 aliphatic carbocycles. The molecule has 1 aliphatic heterocycles. The van der Waals surface area contributed by atoms with E-state index >= 15 is 0 Å². The highest BCUT2D eigenvalue weighted by molar-refractivity contribution is 5.94. The normalized spacial score (nSPS) is 19.9. The average Bonchev–Trinajstić information content (AvgIpc) is 3.17. The molecule has 0 aromatic carbocycles. The van der Waals surface area contributed by atoms with Gasteiger partial charge in [0.05, 0.1) is 6.10 Å². The fourth-order valence-electron chi connectivity index (χ4n) is 3.26. The van der Waals surface area contributed by atoms with Gasteiger partial charge < -0.3 is 36.6 Å². The van der Waals surface area contributed by atoms with Gasteiger partial charge in [-0.25, -0.2) is 4.79 Å². The molecule has 12 nitrogen and oxygen atoms in total. The summed E-state index contributed by atoms with van der Waals surface area (Å²) in [6, 6.07) is -4.68. The molecule has 0 radical (unpaired) electrons. The number of aliphatic hydroxyl groups excluding tert-OH is 1. The van der Waals surface area contributed by atoms with Crippen molar-refractivity contribution in [2.75, 3.05) is 6.54 Å². The van der Waals surface area contributed by atoms with Crippen LogP contribution in [-0.2, 0) is 24.0 Å². The van der Waals surface area contributed by atoms with Gasteiger partial charge in [-0.2, -0.15) is 0 Å². The van der Waals surface area contributed by atoms with Crippen LogP contribution < -0.4 is 16.4 Å². The maximum Gasteiger partial charge on any atom is 0.326 e. The number of nitrogens with one attached hydrogen (secondary N) is 2. The Morgan fingerprint density at radius 2 is 1.68 bits per heavy atom. The predicted octanol–water partition coefficient (Wildman–Crippen LogP) is -1.74. The number of hydrogen-bond donors (Lipinski definition) is 6. The maximum absolute atomic E-state index is 13.0. The van der Waals surface area contributed by atoms with Crippen LogP contribution in [0.25, 0.3) is 0 Å². The number of amides is 3. The summed E-state index contributed by atoms with van der Waals surface area (Å²) in [5, 5.41) is 32.6. The first kappa shape index (κ1) is 26.3. The van der Waals surface area contributed by atoms with Gasteiger partial charge in [0, 0.05) is 13.0 Å². The molecule has 1 heterocycles. The molecule has 0 bridgehead atoms. The van der Waals surface area contributed by atoms with Crippen molar-refractivity contribution in [2.24, 2.45) is 11.7 Å². The Morgan fingerprint density at radius 3 is 2.16 bits per heavy atom. The number of carboxylic acid groups (broad SMARTS) is 2. The van der Waals surface area contributed by atoms with E-state index in [4.69, 9.17) is 10.8 Å². The van der Waals surface area contributed by atoms with Crippen molar-refractivity contribution in [3.05, 3.63) is 0 Å². The van der Waals surface area contributed by atoms with Crippen molar-refractivity contribution in [3.8, 4) is 0 Å². The summed E-state index contributed by atoms with van der Waals surface area (Å²) in [6.45, 7) is 4.88. The van der Waals surface area contributed by atoms with Gasteiger partial charge in [-0.3, -0.25) is 19.2 Å². The molecule has 1 rings (SSSR count). The number of aliphatic carboxylic acids is 2. The fraction of sp³-hybridized carbons (Fsp3) is 0.737. The van der Waals surface area contributed by atoms with E-state index in [0.717, 1.165) is 0 Å². The lowest BCUT2D eigenvalue weighted by Gasteiger charge is -2.30. The fourth-order valence-corrected chi connectivity index (χ4v) is 3.26. The standard InChI is InChI=1S/C19H32N4O8/c1-9(2)15(18(29)23-8-4-5-12(23)19(30)31)22-16(27)11(6-7-13(25)26)21-17(28)14(20)10(3)24/h9-12,14-15,24H,4-8,20H2,1-3H3,(H,21,28)(H,22,27)(H,25,26)(H,30,31). The number of nitrogens with two attached hydrogens (primary N) is 1. The highest BCUT2D eigenvalue weighted by atomic mass is 16.4. The van der Waals surface area contributed by atoms with Crippen LogP contribution in [0.2, 0.25) is 0 Å². The van der Waals surface area contributed by atoms with E-state index in [1.165, 1.54) is 11.8 Å². The number of carbonyl (C=O) groups is 5. The maximum atomic E-state index is 13.0. The molecule has 0 saturated carbocycles. The highest BCUT2D eigenvalue weighted by Crippen LogP contribution is 2.20. The largest absolute Gasteiger partial charge is 0.481 e. The van der Waals surface area contributed by atoms with Crippen molar-refractivity contribution < 1.29 is 39.3 Å². The molecule has 12 heteroatoms. The second kappa shape index (κ2) is 11.6. The molecule has 7 N–H and O–H groups in total. The van der Waals surface area contributed by atoms with Crippen LogP contribution in [0, 0.1) is 5.92 Å². The number of hydrogen-bond acceptors (Lipinski definition) is 7. The van der Waals surface area contributed by atoms with Crippen molar-refractivity contribution in [1.82, 2.24) is 15.5 Å². The zero-order valence-electron chi connectivity index (χ0n) is 17.9. The zero-order chi connectivity index (χ0) is 23.9. The van der Waals surface area contributed by atoms with Crippen LogP contribution >= 0.6 is 0 Å². The third-order valence-corrected chi connectivity index (χ3v) is 5.15. The summed E-state index contributed by atoms with van der Waals surface area (Å²) >= 11 is 0. The smallest absolute Gasteiger partial charge is 0.326 e. The van der Waals surface area contributed by atoms with Gasteiger partial charge in [0.2, 0.25) is 17.7 Å². The van der Waals surface area contributed by atoms with Crippen molar-refractivity contribution in [2.45, 2.75) is 76.7 Å². The summed E-state index contributed by atoms with van der Waals surface area (Å²) < 4.78 is 0. The van der Waals surface area contributed by atoms with Gasteiger partial charge in [0.1, 0.15) is 24.2 Å². The molecule has 5 unspecified atom stereocenters. The molecule has 3 amide bonds. The predicted molar refractivity (Wildman–Crippen MR) is 108 cm³/mol. The minimum absolute atomic E-state index is 0.247. The number of carbonyl (C=O) groups excluding carboxylic acids is 3. The van der Waals surface area contributed by atoms with Crippen LogP contribution in [0.1, 0.15) is 46.5 Å². The Labute approximate surface area is 180 Å². The molecule has 176 valence electrons. The third-order valence-electron chi connectivity index (χ3n) is 5.15. The number of rotatable bonds is 11. The van der Waals surface area contributed by atoms with E-state index in [1.807, 2.05) is 0 Å². The summed E-state index contributed by atoms with van der Waals surface area (Å²) in [7, 11) is 0. The summed E-state index contributed by atoms with van der Waals surface area (Å²) in [5.74, 6) is -4.92. The molecule has 1 saturated heterocycles. The average molecular weight is 444 g/mol. The highest BCUT2D eigenvalue weighted by Gasteiger charge is 2.39. The van der Waals surface area contributed by atoms with E-state index in [-0.39, 0.29) is 13.0 Å². The van der Waals surface area contributed by atoms with E-state index in [1.54, 1.807) is 13.8 Å². The van der Waals surface area contributed by atoms with E-state index in [0.29, 0.717) is 12.8 Å². The molecule has 31 heavy (non-hydrogen) atoms. The first-order valence-corrected chi connectivity index (χ1v) is 10.2. The molecule has 0 aromatic rings. The van der Waals surface area contributed by atoms with Gasteiger partial charge in [0.15, 0.2) is 0 Å². The van der Waals surface area contributed by atoms with Crippen LogP contribution in [0.3, 0.4) is 0 Å². The number of aliphatic hydroxyl groups is 1.